The van der Waals surface area contributed by atoms with E-state index in [1.165, 1.54) is 29.8 Å². The second-order valence-electron chi connectivity index (χ2n) is 9.36. The standard InChI is InChI=1S/C22H30N6O5S/c1-21(2,3)32-19(30)14(28-20(31)33-22(4,5)6)8-17-27-15(11-34-17)12-9-25-16(26-10-12)7-13(23)18(24)29/h7,9-11,14H,8,23H2,1-6H3,(H2,24,29)(H,28,31). The van der Waals surface area contributed by atoms with Gasteiger partial charge in [-0.15, -0.1) is 11.3 Å². The van der Waals surface area contributed by atoms with Gasteiger partial charge in [0.15, 0.2) is 5.82 Å². The highest BCUT2D eigenvalue weighted by Crippen LogP contribution is 2.22. The molecule has 0 aliphatic carbocycles. The molecule has 0 fully saturated rings. The van der Waals surface area contributed by atoms with Gasteiger partial charge < -0.3 is 26.3 Å². The second-order valence-corrected chi connectivity index (χ2v) is 10.3. The van der Waals surface area contributed by atoms with Crippen molar-refractivity contribution in [2.24, 2.45) is 11.5 Å². The van der Waals surface area contributed by atoms with Crippen LogP contribution >= 0.6 is 11.3 Å². The number of ether oxygens (including phenoxy) is 2. The van der Waals surface area contributed by atoms with Crippen molar-refractivity contribution in [3.8, 4) is 11.3 Å². The van der Waals surface area contributed by atoms with Crippen LogP contribution in [0, 0.1) is 0 Å². The van der Waals surface area contributed by atoms with Gasteiger partial charge in [-0.1, -0.05) is 0 Å². The Kier molecular flexibility index (Phi) is 8.32. The van der Waals surface area contributed by atoms with Crippen molar-refractivity contribution in [1.29, 1.82) is 0 Å². The van der Waals surface area contributed by atoms with Gasteiger partial charge in [-0.3, -0.25) is 4.79 Å². The summed E-state index contributed by atoms with van der Waals surface area (Å²) in [6, 6.07) is -0.992. The van der Waals surface area contributed by atoms with Crippen molar-refractivity contribution in [1.82, 2.24) is 20.3 Å². The van der Waals surface area contributed by atoms with E-state index in [0.29, 0.717) is 16.3 Å². The zero-order valence-electron chi connectivity index (χ0n) is 20.0. The first-order chi connectivity index (χ1) is 15.6. The van der Waals surface area contributed by atoms with Crippen molar-refractivity contribution in [2.45, 2.75) is 65.2 Å². The number of hydrogen-bond donors (Lipinski definition) is 3. The number of thiazole rings is 1. The van der Waals surface area contributed by atoms with Crippen LogP contribution < -0.4 is 16.8 Å². The van der Waals surface area contributed by atoms with Gasteiger partial charge in [-0.25, -0.2) is 24.5 Å². The van der Waals surface area contributed by atoms with Gasteiger partial charge in [0, 0.05) is 35.8 Å². The Morgan fingerprint density at radius 3 is 2.18 bits per heavy atom. The molecule has 34 heavy (non-hydrogen) atoms. The molecule has 184 valence electrons. The molecule has 0 bridgehead atoms. The van der Waals surface area contributed by atoms with E-state index in [1.807, 2.05) is 0 Å². The smallest absolute Gasteiger partial charge is 0.408 e. The SMILES string of the molecule is CC(C)(C)OC(=O)NC(Cc1nc(-c2cnc(C=C(N)C(N)=O)nc2)cs1)C(=O)OC(C)(C)C. The van der Waals surface area contributed by atoms with Crippen LogP contribution in [0.25, 0.3) is 17.3 Å². The van der Waals surface area contributed by atoms with Crippen molar-refractivity contribution in [3.63, 3.8) is 0 Å². The highest BCUT2D eigenvalue weighted by molar-refractivity contribution is 7.10. The Balaban J connectivity index is 2.19. The van der Waals surface area contributed by atoms with Crippen LogP contribution in [0.4, 0.5) is 4.79 Å². The van der Waals surface area contributed by atoms with Gasteiger partial charge >= 0.3 is 12.1 Å². The molecule has 5 N–H and O–H groups in total. The van der Waals surface area contributed by atoms with Gasteiger partial charge in [0.1, 0.15) is 22.9 Å². The number of aromatic nitrogens is 3. The molecular weight excluding hydrogens is 460 g/mol. The van der Waals surface area contributed by atoms with Crippen LogP contribution in [0.15, 0.2) is 23.5 Å². The summed E-state index contributed by atoms with van der Waals surface area (Å²) >= 11 is 1.31. The monoisotopic (exact) mass is 490 g/mol. The average Bonchev–Trinajstić information content (AvgIpc) is 3.13. The van der Waals surface area contributed by atoms with Crippen LogP contribution in [0.3, 0.4) is 0 Å². The Morgan fingerprint density at radius 2 is 1.65 bits per heavy atom. The predicted molar refractivity (Wildman–Crippen MR) is 127 cm³/mol. The fraction of sp³-hybridized carbons (Fsp3) is 0.455. The molecule has 0 aromatic carbocycles. The molecule has 2 aromatic heterocycles. The number of esters is 1. The van der Waals surface area contributed by atoms with Crippen molar-refractivity contribution >= 4 is 35.4 Å². The van der Waals surface area contributed by atoms with E-state index in [1.54, 1.807) is 46.9 Å². The highest BCUT2D eigenvalue weighted by Gasteiger charge is 2.29. The first-order valence-corrected chi connectivity index (χ1v) is 11.3. The first kappa shape index (κ1) is 26.7. The molecule has 1 atom stereocenters. The summed E-state index contributed by atoms with van der Waals surface area (Å²) in [5, 5.41) is 4.94. The number of rotatable bonds is 7. The zero-order valence-corrected chi connectivity index (χ0v) is 20.9. The van der Waals surface area contributed by atoms with Crippen molar-refractivity contribution in [3.05, 3.63) is 34.3 Å². The summed E-state index contributed by atoms with van der Waals surface area (Å²) in [7, 11) is 0. The predicted octanol–water partition coefficient (Wildman–Crippen LogP) is 2.16. The fourth-order valence-electron chi connectivity index (χ4n) is 2.48. The Labute approximate surface area is 202 Å². The number of hydrogen-bond acceptors (Lipinski definition) is 10. The Morgan fingerprint density at radius 1 is 1.06 bits per heavy atom. The van der Waals surface area contributed by atoms with E-state index in [9.17, 15) is 14.4 Å². The summed E-state index contributed by atoms with van der Waals surface area (Å²) in [5.74, 6) is -1.14. The van der Waals surface area contributed by atoms with Crippen LogP contribution in [-0.2, 0) is 25.5 Å². The third-order valence-electron chi connectivity index (χ3n) is 3.85. The van der Waals surface area contributed by atoms with E-state index in [4.69, 9.17) is 20.9 Å². The minimum absolute atomic E-state index is 0.107. The molecule has 2 amide bonds. The third-order valence-corrected chi connectivity index (χ3v) is 4.72. The maximum absolute atomic E-state index is 12.7. The summed E-state index contributed by atoms with van der Waals surface area (Å²) in [5.41, 5.74) is 10.2. The normalized spacial score (nSPS) is 13.2. The van der Waals surface area contributed by atoms with E-state index in [2.05, 4.69) is 20.3 Å². The summed E-state index contributed by atoms with van der Waals surface area (Å²) in [6.45, 7) is 10.4. The van der Waals surface area contributed by atoms with Crippen molar-refractivity contribution in [2.75, 3.05) is 0 Å². The van der Waals surface area contributed by atoms with Gasteiger partial charge in [0.05, 0.1) is 10.7 Å². The molecule has 0 aliphatic rings. The Hall–Kier alpha value is -3.54. The maximum atomic E-state index is 12.7. The van der Waals surface area contributed by atoms with E-state index < -0.39 is 35.2 Å². The quantitative estimate of drug-likeness (QED) is 0.388. The first-order valence-electron chi connectivity index (χ1n) is 10.4. The topological polar surface area (TPSA) is 172 Å². The van der Waals surface area contributed by atoms with E-state index in [0.717, 1.165) is 0 Å². The summed E-state index contributed by atoms with van der Waals surface area (Å²) in [4.78, 5) is 48.8. The molecule has 0 radical (unpaired) electrons. The number of nitrogens with one attached hydrogen (secondary N) is 1. The van der Waals surface area contributed by atoms with Gasteiger partial charge in [-0.05, 0) is 41.5 Å². The molecule has 2 heterocycles. The lowest BCUT2D eigenvalue weighted by Gasteiger charge is -2.26. The zero-order chi connectivity index (χ0) is 25.7. The highest BCUT2D eigenvalue weighted by atomic mass is 32.1. The lowest BCUT2D eigenvalue weighted by Crippen LogP contribution is -2.47. The molecule has 1 unspecified atom stereocenters. The number of carbonyl (C=O) groups excluding carboxylic acids is 3. The van der Waals surface area contributed by atoms with Gasteiger partial charge in [0.2, 0.25) is 0 Å². The molecule has 12 heteroatoms. The number of primary amides is 1. The van der Waals surface area contributed by atoms with Crippen LogP contribution in [0.5, 0.6) is 0 Å². The lowest BCUT2D eigenvalue weighted by atomic mass is 10.1. The average molecular weight is 491 g/mol. The number of nitrogens with zero attached hydrogens (tertiary/aromatic N) is 3. The van der Waals surface area contributed by atoms with Gasteiger partial charge in [0.25, 0.3) is 5.91 Å². The summed E-state index contributed by atoms with van der Waals surface area (Å²) < 4.78 is 10.7. The van der Waals surface area contributed by atoms with Crippen LogP contribution in [0.2, 0.25) is 0 Å². The maximum Gasteiger partial charge on any atom is 0.408 e. The van der Waals surface area contributed by atoms with Crippen molar-refractivity contribution < 1.29 is 23.9 Å². The van der Waals surface area contributed by atoms with Gasteiger partial charge in [-0.2, -0.15) is 0 Å². The molecular formula is C22H30N6O5S. The Bertz CT molecular complexity index is 1070. The van der Waals surface area contributed by atoms with E-state index in [-0.39, 0.29) is 17.9 Å². The lowest BCUT2D eigenvalue weighted by molar-refractivity contribution is -0.157. The summed E-state index contributed by atoms with van der Waals surface area (Å²) in [6.07, 6.45) is 3.70. The third kappa shape index (κ3) is 8.77. The van der Waals surface area contributed by atoms with Crippen LogP contribution in [-0.4, -0.2) is 50.2 Å². The second kappa shape index (κ2) is 10.6. The van der Waals surface area contributed by atoms with E-state index >= 15 is 0 Å². The fourth-order valence-corrected chi connectivity index (χ4v) is 3.33. The minimum Gasteiger partial charge on any atom is -0.458 e. The molecule has 11 nitrogen and oxygen atoms in total. The molecule has 2 rings (SSSR count). The minimum atomic E-state index is -0.992. The number of alkyl carbamates (subject to hydrolysis) is 1. The number of carbonyl (C=O) groups is 3. The number of nitrogens with two attached hydrogens (primary N) is 2. The molecule has 0 aliphatic heterocycles. The molecule has 0 spiro atoms. The number of amides is 2. The molecule has 0 saturated carbocycles. The molecule has 2 aromatic rings. The largest absolute Gasteiger partial charge is 0.458 e. The molecule has 0 saturated heterocycles. The van der Waals surface area contributed by atoms with Crippen LogP contribution in [0.1, 0.15) is 52.4 Å².